The molecule has 6 nitrogen and oxygen atoms in total. The lowest BCUT2D eigenvalue weighted by Gasteiger charge is -2.13. The van der Waals surface area contributed by atoms with Gasteiger partial charge in [0, 0.05) is 11.6 Å². The number of carboxylic acid groups (broad SMARTS) is 1. The van der Waals surface area contributed by atoms with Gasteiger partial charge in [0.25, 0.3) is 0 Å². The Kier molecular flexibility index (Phi) is 20.0. The first-order valence-electron chi connectivity index (χ1n) is 15.4. The van der Waals surface area contributed by atoms with Crippen LogP contribution >= 0.6 is 0 Å². The maximum atomic E-state index is 11.7. The zero-order chi connectivity index (χ0) is 31.0. The minimum Gasteiger partial charge on any atom is -0.497 e. The van der Waals surface area contributed by atoms with E-state index < -0.39 is 5.97 Å². The highest BCUT2D eigenvalue weighted by atomic mass is 16.5. The average Bonchev–Trinajstić information content (AvgIpc) is 3.02. The molecule has 0 aliphatic heterocycles. The molecule has 0 spiro atoms. The summed E-state index contributed by atoms with van der Waals surface area (Å²) in [4.78, 5) is 23.0. The number of carboxylic acids is 1. The number of ether oxygens (including phenoxy) is 3. The fourth-order valence-corrected chi connectivity index (χ4v) is 4.26. The number of benzene rings is 2. The van der Waals surface area contributed by atoms with Crippen LogP contribution in [-0.2, 0) is 14.3 Å². The van der Waals surface area contributed by atoms with Crippen molar-refractivity contribution in [3.8, 4) is 11.5 Å². The van der Waals surface area contributed by atoms with Crippen LogP contribution in [0.25, 0.3) is 12.2 Å². The van der Waals surface area contributed by atoms with E-state index in [0.29, 0.717) is 24.5 Å². The van der Waals surface area contributed by atoms with Gasteiger partial charge in [0.05, 0.1) is 20.8 Å². The van der Waals surface area contributed by atoms with Crippen molar-refractivity contribution in [2.75, 3.05) is 20.8 Å². The zero-order valence-electron chi connectivity index (χ0n) is 26.4. The average molecular weight is 581 g/mol. The topological polar surface area (TPSA) is 82.1 Å². The first-order valence-corrected chi connectivity index (χ1v) is 15.4. The quantitative estimate of drug-likeness (QED) is 0.101. The molecule has 42 heavy (non-hydrogen) atoms. The lowest BCUT2D eigenvalue weighted by atomic mass is 10.0. The highest BCUT2D eigenvalue weighted by molar-refractivity contribution is 5.92. The molecule has 1 atom stereocenters. The second-order valence-electron chi connectivity index (χ2n) is 10.4. The van der Waals surface area contributed by atoms with Crippen LogP contribution in [0.4, 0.5) is 0 Å². The van der Waals surface area contributed by atoms with Crippen molar-refractivity contribution in [1.29, 1.82) is 0 Å². The molecule has 0 fully saturated rings. The summed E-state index contributed by atoms with van der Waals surface area (Å²) in [7, 11) is 3.25. The van der Waals surface area contributed by atoms with Gasteiger partial charge in [0.2, 0.25) is 0 Å². The zero-order valence-corrected chi connectivity index (χ0v) is 26.4. The molecule has 0 aromatic heterocycles. The fourth-order valence-electron chi connectivity index (χ4n) is 4.26. The molecule has 0 bridgehead atoms. The standard InChI is InChI=1S/2C18H26O3/c1-4-6-7-15(5-2)14-21-18(19)13-10-16-8-11-17(20-3)12-9-16;1-3-4-5-6-7-8-9-16(18(19)20)14-15-10-12-17(21-2)13-11-15/h8-13,15H,4-7,14H2,1-3H3;10-14H,3-9H2,1-2H3,(H,19,20). The SMILES string of the molecule is CCCCC(CC)COC(=O)C=Cc1ccc(OC)cc1.CCCCCCCCC(=Cc1ccc(OC)cc1)C(=O)O. The molecule has 2 rings (SSSR count). The largest absolute Gasteiger partial charge is 0.497 e. The van der Waals surface area contributed by atoms with Gasteiger partial charge in [-0.1, -0.05) is 96.4 Å². The van der Waals surface area contributed by atoms with E-state index in [-0.39, 0.29) is 5.97 Å². The van der Waals surface area contributed by atoms with E-state index in [2.05, 4.69) is 20.8 Å². The van der Waals surface area contributed by atoms with Crippen LogP contribution in [0.5, 0.6) is 11.5 Å². The molecule has 0 saturated carbocycles. The molecule has 6 heteroatoms. The molecule has 1 unspecified atom stereocenters. The monoisotopic (exact) mass is 580 g/mol. The minimum absolute atomic E-state index is 0.277. The maximum Gasteiger partial charge on any atom is 0.331 e. The van der Waals surface area contributed by atoms with Crippen LogP contribution < -0.4 is 9.47 Å². The van der Waals surface area contributed by atoms with E-state index in [1.807, 2.05) is 48.5 Å². The molecule has 0 radical (unpaired) electrons. The Balaban J connectivity index is 0.000000420. The van der Waals surface area contributed by atoms with Crippen LogP contribution in [0, 0.1) is 5.92 Å². The van der Waals surface area contributed by atoms with E-state index in [0.717, 1.165) is 48.3 Å². The van der Waals surface area contributed by atoms with Crippen LogP contribution in [0.3, 0.4) is 0 Å². The third kappa shape index (κ3) is 16.7. The second-order valence-corrected chi connectivity index (χ2v) is 10.4. The van der Waals surface area contributed by atoms with Crippen LogP contribution in [0.2, 0.25) is 0 Å². The number of unbranched alkanes of at least 4 members (excludes halogenated alkanes) is 6. The van der Waals surface area contributed by atoms with Crippen molar-refractivity contribution in [3.05, 3.63) is 71.3 Å². The Morgan fingerprint density at radius 1 is 0.762 bits per heavy atom. The van der Waals surface area contributed by atoms with Gasteiger partial charge in [-0.15, -0.1) is 0 Å². The number of rotatable bonds is 19. The summed E-state index contributed by atoms with van der Waals surface area (Å²) in [6.45, 7) is 7.03. The first kappa shape index (κ1) is 36.5. The summed E-state index contributed by atoms with van der Waals surface area (Å²) in [5.74, 6) is 0.958. The lowest BCUT2D eigenvalue weighted by molar-refractivity contribution is -0.139. The van der Waals surface area contributed by atoms with Crippen molar-refractivity contribution in [2.45, 2.75) is 91.4 Å². The highest BCUT2D eigenvalue weighted by Gasteiger charge is 2.09. The van der Waals surface area contributed by atoms with Crippen molar-refractivity contribution in [1.82, 2.24) is 0 Å². The van der Waals surface area contributed by atoms with Gasteiger partial charge in [0.15, 0.2) is 0 Å². The summed E-state index contributed by atoms with van der Waals surface area (Å²) in [5, 5.41) is 9.28. The highest BCUT2D eigenvalue weighted by Crippen LogP contribution is 2.18. The molecular formula is C36H52O6. The summed E-state index contributed by atoms with van der Waals surface area (Å²) in [6, 6.07) is 15.0. The van der Waals surface area contributed by atoms with Crippen molar-refractivity contribution >= 4 is 24.1 Å². The number of hydrogen-bond donors (Lipinski definition) is 1. The van der Waals surface area contributed by atoms with Gasteiger partial charge in [-0.05, 0) is 72.7 Å². The molecule has 0 aliphatic rings. The Hall–Kier alpha value is -3.54. The van der Waals surface area contributed by atoms with E-state index in [9.17, 15) is 14.7 Å². The molecular weight excluding hydrogens is 528 g/mol. The van der Waals surface area contributed by atoms with Crippen LogP contribution in [-0.4, -0.2) is 37.9 Å². The number of hydrogen-bond acceptors (Lipinski definition) is 5. The van der Waals surface area contributed by atoms with Gasteiger partial charge >= 0.3 is 11.9 Å². The number of carbonyl (C=O) groups is 2. The molecule has 0 amide bonds. The van der Waals surface area contributed by atoms with Crippen LogP contribution in [0.15, 0.2) is 60.2 Å². The predicted octanol–water partition coefficient (Wildman–Crippen LogP) is 9.38. The van der Waals surface area contributed by atoms with Crippen LogP contribution in [0.1, 0.15) is 103 Å². The predicted molar refractivity (Wildman–Crippen MR) is 173 cm³/mol. The summed E-state index contributed by atoms with van der Waals surface area (Å²) in [6.07, 6.45) is 17.2. The third-order valence-electron chi connectivity index (χ3n) is 7.06. The Morgan fingerprint density at radius 2 is 1.31 bits per heavy atom. The third-order valence-corrected chi connectivity index (χ3v) is 7.06. The molecule has 232 valence electrons. The summed E-state index contributed by atoms with van der Waals surface area (Å²) < 4.78 is 15.5. The molecule has 1 N–H and O–H groups in total. The Morgan fingerprint density at radius 3 is 1.83 bits per heavy atom. The van der Waals surface area contributed by atoms with Gasteiger partial charge < -0.3 is 19.3 Å². The smallest absolute Gasteiger partial charge is 0.331 e. The number of esters is 1. The van der Waals surface area contributed by atoms with Gasteiger partial charge in [-0.3, -0.25) is 0 Å². The van der Waals surface area contributed by atoms with E-state index >= 15 is 0 Å². The first-order chi connectivity index (χ1) is 20.4. The Labute approximate surface area is 253 Å². The summed E-state index contributed by atoms with van der Waals surface area (Å²) in [5.41, 5.74) is 2.33. The van der Waals surface area contributed by atoms with E-state index in [4.69, 9.17) is 14.2 Å². The minimum atomic E-state index is -0.820. The van der Waals surface area contributed by atoms with Gasteiger partial charge in [-0.25, -0.2) is 9.59 Å². The number of methoxy groups -OCH3 is 2. The van der Waals surface area contributed by atoms with Crippen molar-refractivity contribution < 1.29 is 28.9 Å². The molecule has 0 aliphatic carbocycles. The van der Waals surface area contributed by atoms with Gasteiger partial charge in [0.1, 0.15) is 11.5 Å². The maximum absolute atomic E-state index is 11.7. The van der Waals surface area contributed by atoms with Gasteiger partial charge in [-0.2, -0.15) is 0 Å². The molecule has 0 heterocycles. The number of aliphatic carboxylic acids is 1. The number of carbonyl (C=O) groups excluding carboxylic acids is 1. The molecule has 2 aromatic carbocycles. The molecule has 2 aromatic rings. The van der Waals surface area contributed by atoms with E-state index in [1.54, 1.807) is 26.4 Å². The normalized spacial score (nSPS) is 11.9. The second kappa shape index (κ2) is 23.1. The van der Waals surface area contributed by atoms with Crippen molar-refractivity contribution in [2.24, 2.45) is 5.92 Å². The van der Waals surface area contributed by atoms with Crippen molar-refractivity contribution in [3.63, 3.8) is 0 Å². The van der Waals surface area contributed by atoms with E-state index in [1.165, 1.54) is 44.6 Å². The lowest BCUT2D eigenvalue weighted by Crippen LogP contribution is -2.12. The fraction of sp³-hybridized carbons (Fsp3) is 0.500. The summed E-state index contributed by atoms with van der Waals surface area (Å²) >= 11 is 0. The molecule has 0 saturated heterocycles. The Bertz CT molecular complexity index is 1050.